The van der Waals surface area contributed by atoms with Gasteiger partial charge in [-0.2, -0.15) is 0 Å². The van der Waals surface area contributed by atoms with E-state index in [0.717, 1.165) is 36.0 Å². The topological polar surface area (TPSA) is 45.7 Å². The van der Waals surface area contributed by atoms with Gasteiger partial charge in [0.2, 0.25) is 0 Å². The number of likely N-dealkylation sites (tertiary alicyclic amines) is 1. The number of hydrogen-bond donors (Lipinski definition) is 0. The largest absolute Gasteiger partial charge is 0.443 e. The summed E-state index contributed by atoms with van der Waals surface area (Å²) in [7, 11) is 2.25. The third-order valence-corrected chi connectivity index (χ3v) is 8.67. The van der Waals surface area contributed by atoms with Crippen molar-refractivity contribution in [1.82, 2.24) is 14.8 Å². The molecule has 1 fully saturated rings. The summed E-state index contributed by atoms with van der Waals surface area (Å²) in [6, 6.07) is 6.45. The van der Waals surface area contributed by atoms with E-state index < -0.39 is 5.60 Å². The molecule has 5 nitrogen and oxygen atoms in total. The lowest BCUT2D eigenvalue weighted by Crippen LogP contribution is -2.58. The van der Waals surface area contributed by atoms with Crippen molar-refractivity contribution >= 4 is 33.3 Å². The normalized spacial score (nSPS) is 23.7. The van der Waals surface area contributed by atoms with Crippen molar-refractivity contribution in [1.29, 1.82) is 0 Å². The number of thiazole rings is 1. The minimum absolute atomic E-state index is 0.132. The van der Waals surface area contributed by atoms with Gasteiger partial charge in [0, 0.05) is 29.1 Å². The van der Waals surface area contributed by atoms with Crippen molar-refractivity contribution in [2.45, 2.75) is 97.2 Å². The first-order valence-corrected chi connectivity index (χ1v) is 13.3. The first-order chi connectivity index (χ1) is 15.7. The molecule has 2 aliphatic rings. The number of aromatic nitrogens is 1. The van der Waals surface area contributed by atoms with Gasteiger partial charge in [0.05, 0.1) is 20.9 Å². The van der Waals surface area contributed by atoms with Crippen LogP contribution >= 0.6 is 11.3 Å². The van der Waals surface area contributed by atoms with Gasteiger partial charge in [-0.15, -0.1) is 11.3 Å². The molecular weight excluding hydrogens is 442 g/mol. The van der Waals surface area contributed by atoms with E-state index in [0.29, 0.717) is 18.4 Å². The lowest BCUT2D eigenvalue weighted by Gasteiger charge is -2.53. The van der Waals surface area contributed by atoms with E-state index in [1.54, 1.807) is 4.90 Å². The van der Waals surface area contributed by atoms with E-state index in [4.69, 9.17) is 9.72 Å². The highest BCUT2D eigenvalue weighted by Gasteiger charge is 2.44. The highest BCUT2D eigenvalue weighted by atomic mass is 32.1. The molecule has 1 saturated heterocycles. The summed E-state index contributed by atoms with van der Waals surface area (Å²) in [6.07, 6.45) is 5.06. The van der Waals surface area contributed by atoms with Crippen molar-refractivity contribution in [3.8, 4) is 0 Å². The zero-order chi connectivity index (χ0) is 25.1. The highest BCUT2D eigenvalue weighted by molar-refractivity contribution is 7.18. The lowest BCUT2D eigenvalue weighted by atomic mass is 9.74. The van der Waals surface area contributed by atoms with Crippen LogP contribution in [-0.4, -0.2) is 51.1 Å². The molecule has 4 rings (SSSR count). The molecule has 0 saturated carbocycles. The van der Waals surface area contributed by atoms with Crippen molar-refractivity contribution < 1.29 is 9.53 Å². The van der Waals surface area contributed by atoms with E-state index in [-0.39, 0.29) is 17.2 Å². The second kappa shape index (κ2) is 8.63. The summed E-state index contributed by atoms with van der Waals surface area (Å²) >= 11 is 1.82. The molecule has 2 aliphatic heterocycles. The average molecular weight is 484 g/mol. The van der Waals surface area contributed by atoms with Crippen molar-refractivity contribution in [2.75, 3.05) is 13.6 Å². The number of amides is 1. The number of hydrogen-bond acceptors (Lipinski definition) is 5. The predicted octanol–water partition coefficient (Wildman–Crippen LogP) is 7.28. The van der Waals surface area contributed by atoms with Crippen LogP contribution in [-0.2, 0) is 4.74 Å². The van der Waals surface area contributed by atoms with Gasteiger partial charge in [0.1, 0.15) is 5.60 Å². The Balaban J connectivity index is 1.65. The van der Waals surface area contributed by atoms with Gasteiger partial charge in [-0.05, 0) is 92.8 Å². The van der Waals surface area contributed by atoms with Crippen LogP contribution in [0.15, 0.2) is 24.3 Å². The second-order valence-corrected chi connectivity index (χ2v) is 13.6. The summed E-state index contributed by atoms with van der Waals surface area (Å²) in [4.78, 5) is 22.5. The zero-order valence-corrected chi connectivity index (χ0v) is 23.2. The molecule has 34 heavy (non-hydrogen) atoms. The number of carbonyl (C=O) groups excluding carboxylic acids is 1. The molecule has 6 heteroatoms. The van der Waals surface area contributed by atoms with Crippen LogP contribution in [0.1, 0.15) is 91.1 Å². The van der Waals surface area contributed by atoms with Gasteiger partial charge in [0.25, 0.3) is 0 Å². The molecule has 1 atom stereocenters. The van der Waals surface area contributed by atoms with Crippen molar-refractivity contribution in [3.63, 3.8) is 0 Å². The number of ether oxygens (including phenoxy) is 1. The zero-order valence-electron chi connectivity index (χ0n) is 22.4. The van der Waals surface area contributed by atoms with E-state index >= 15 is 0 Å². The van der Waals surface area contributed by atoms with Crippen LogP contribution in [0, 0.1) is 5.92 Å². The molecule has 1 amide bonds. The molecule has 3 heterocycles. The maximum absolute atomic E-state index is 13.0. The third kappa shape index (κ3) is 5.03. The highest BCUT2D eigenvalue weighted by Crippen LogP contribution is 2.46. The molecule has 0 aliphatic carbocycles. The summed E-state index contributed by atoms with van der Waals surface area (Å²) in [5.41, 5.74) is 2.74. The van der Waals surface area contributed by atoms with Gasteiger partial charge in [-0.1, -0.05) is 19.1 Å². The number of benzene rings is 1. The lowest BCUT2D eigenvalue weighted by molar-refractivity contribution is -0.0128. The fourth-order valence-electron chi connectivity index (χ4n) is 5.50. The van der Waals surface area contributed by atoms with Gasteiger partial charge < -0.3 is 4.74 Å². The maximum atomic E-state index is 13.0. The molecule has 1 aromatic carbocycles. The van der Waals surface area contributed by atoms with E-state index in [1.165, 1.54) is 9.71 Å². The quantitative estimate of drug-likeness (QED) is 0.450. The average Bonchev–Trinajstić information content (AvgIpc) is 3.13. The molecule has 0 spiro atoms. The minimum atomic E-state index is -0.522. The Morgan fingerprint density at radius 3 is 2.41 bits per heavy atom. The fourth-order valence-corrected chi connectivity index (χ4v) is 6.54. The Bertz CT molecular complexity index is 1090. The Hall–Kier alpha value is -1.92. The number of fused-ring (bicyclic) bond motifs is 1. The van der Waals surface area contributed by atoms with Crippen LogP contribution in [0.2, 0.25) is 0 Å². The smallest absolute Gasteiger partial charge is 0.414 e. The molecular formula is C28H41N3O2S. The van der Waals surface area contributed by atoms with Crippen LogP contribution in [0.5, 0.6) is 0 Å². The summed E-state index contributed by atoms with van der Waals surface area (Å²) in [6.45, 7) is 17.9. The fraction of sp³-hybridized carbons (Fsp3) is 0.643. The van der Waals surface area contributed by atoms with Crippen LogP contribution in [0.25, 0.3) is 15.9 Å². The van der Waals surface area contributed by atoms with Crippen LogP contribution < -0.4 is 0 Å². The Kier molecular flexibility index (Phi) is 6.39. The molecule has 0 bridgehead atoms. The first kappa shape index (κ1) is 25.2. The third-order valence-electron chi connectivity index (χ3n) is 7.47. The second-order valence-electron chi connectivity index (χ2n) is 12.5. The Morgan fingerprint density at radius 2 is 1.79 bits per heavy atom. The summed E-state index contributed by atoms with van der Waals surface area (Å²) in [5.74, 6) is 0.858. The van der Waals surface area contributed by atoms with Crippen LogP contribution in [0.4, 0.5) is 4.79 Å². The molecule has 0 radical (unpaired) electrons. The monoisotopic (exact) mass is 483 g/mol. The molecule has 0 unspecified atom stereocenters. The van der Waals surface area contributed by atoms with Crippen LogP contribution in [0.3, 0.4) is 0 Å². The van der Waals surface area contributed by atoms with Gasteiger partial charge in [-0.25, -0.2) is 9.78 Å². The Labute approximate surface area is 209 Å². The molecule has 0 N–H and O–H groups in total. The maximum Gasteiger partial charge on any atom is 0.414 e. The number of piperidine rings is 1. The Morgan fingerprint density at radius 1 is 1.15 bits per heavy atom. The summed E-state index contributed by atoms with van der Waals surface area (Å²) in [5, 5.41) is 1.23. The van der Waals surface area contributed by atoms with Gasteiger partial charge >= 0.3 is 6.09 Å². The number of nitrogens with zero attached hydrogens (tertiary/aromatic N) is 3. The summed E-state index contributed by atoms with van der Waals surface area (Å²) < 4.78 is 6.93. The number of allylic oxidation sites excluding steroid dienone is 1. The van der Waals surface area contributed by atoms with Crippen molar-refractivity contribution in [3.05, 3.63) is 34.8 Å². The van der Waals surface area contributed by atoms with Gasteiger partial charge in [-0.3, -0.25) is 9.80 Å². The van der Waals surface area contributed by atoms with E-state index in [9.17, 15) is 4.79 Å². The van der Waals surface area contributed by atoms with E-state index in [2.05, 4.69) is 70.8 Å². The van der Waals surface area contributed by atoms with E-state index in [1.807, 2.05) is 32.1 Å². The number of carbonyl (C=O) groups is 1. The SMILES string of the molecule is C[C@H]1CC=C(c2ccc3sc(C4CC(C)(C)N(C)C(C)(C)C4)nc3c2)N(C(=O)OC(C)(C)C)C1. The first-order valence-electron chi connectivity index (χ1n) is 12.5. The predicted molar refractivity (Wildman–Crippen MR) is 142 cm³/mol. The van der Waals surface area contributed by atoms with Crippen molar-refractivity contribution in [2.24, 2.45) is 5.92 Å². The molecule has 186 valence electrons. The number of rotatable bonds is 2. The molecule has 2 aromatic rings. The molecule has 1 aromatic heterocycles. The standard InChI is InChI=1S/C28H41N3O2S/c1-18-10-12-22(31(17-18)25(32)33-26(2,3)4)19-11-13-23-21(14-19)29-24(34-23)20-15-27(5,6)30(9)28(7,8)16-20/h11-14,18,20H,10,15-17H2,1-9H3/t18-/m0/s1. The van der Waals surface area contributed by atoms with Gasteiger partial charge in [0.15, 0.2) is 0 Å². The minimum Gasteiger partial charge on any atom is -0.443 e.